The molecule has 12 amide bonds. The Bertz CT molecular complexity index is 3530. The van der Waals surface area contributed by atoms with Gasteiger partial charge in [-0.1, -0.05) is 116 Å². The molecule has 10 atom stereocenters. The van der Waals surface area contributed by atoms with Crippen molar-refractivity contribution in [2.24, 2.45) is 23.7 Å². The number of amides is 12. The Balaban J connectivity index is 1.22. The lowest BCUT2D eigenvalue weighted by molar-refractivity contribution is -0.160. The van der Waals surface area contributed by atoms with Crippen LogP contribution in [0.15, 0.2) is 42.7 Å². The molecule has 8 rings (SSSR count). The average Bonchev–Trinajstić information content (AvgIpc) is 1.44. The predicted octanol–water partition coefficient (Wildman–Crippen LogP) is 7.43. The van der Waals surface area contributed by atoms with Crippen molar-refractivity contribution in [2.45, 2.75) is 261 Å². The molecule has 1 aromatic carbocycles. The van der Waals surface area contributed by atoms with Crippen LogP contribution in [0.4, 0.5) is 13.2 Å². The van der Waals surface area contributed by atoms with Gasteiger partial charge in [-0.3, -0.25) is 62.5 Å². The average molecular weight is 1530 g/mol. The Hall–Kier alpha value is -7.91. The van der Waals surface area contributed by atoms with Crippen molar-refractivity contribution in [1.29, 1.82) is 0 Å². The molecule has 0 bridgehead atoms. The number of aromatic nitrogens is 1. The molecule has 1 aromatic heterocycles. The van der Waals surface area contributed by atoms with Gasteiger partial charge in [0.25, 0.3) is 0 Å². The van der Waals surface area contributed by atoms with Gasteiger partial charge < -0.3 is 60.0 Å². The van der Waals surface area contributed by atoms with Crippen molar-refractivity contribution >= 4 is 82.5 Å². The van der Waals surface area contributed by atoms with E-state index in [-0.39, 0.29) is 75.3 Å². The van der Waals surface area contributed by atoms with Crippen molar-refractivity contribution in [1.82, 2.24) is 65.0 Å². The molecular weight excluding hydrogens is 1420 g/mol. The van der Waals surface area contributed by atoms with Crippen LogP contribution in [0.1, 0.15) is 199 Å². The van der Waals surface area contributed by atoms with Crippen molar-refractivity contribution in [3.05, 3.63) is 64.4 Å². The first kappa shape index (κ1) is 85.7. The van der Waals surface area contributed by atoms with Crippen molar-refractivity contribution in [2.75, 3.05) is 75.5 Å². The smallest absolute Gasteiger partial charge is 0.343 e. The van der Waals surface area contributed by atoms with E-state index in [2.05, 4.69) is 20.9 Å². The number of nitrogens with one attached hydrogen (secondary N) is 3. The quantitative estimate of drug-likeness (QED) is 0.176. The molecular formula is C79H117ClF3N13O12. The van der Waals surface area contributed by atoms with Crippen molar-refractivity contribution < 1.29 is 70.7 Å². The normalized spacial score (nSPS) is 27.1. The highest BCUT2D eigenvalue weighted by Crippen LogP contribution is 2.39. The number of hydrogen-bond donors (Lipinski definition) is 3. The van der Waals surface area contributed by atoms with E-state index < -0.39 is 172 Å². The van der Waals surface area contributed by atoms with Gasteiger partial charge in [0.1, 0.15) is 59.9 Å². The highest BCUT2D eigenvalue weighted by atomic mass is 35.5. The summed E-state index contributed by atoms with van der Waals surface area (Å²) < 4.78 is 42.1. The van der Waals surface area contributed by atoms with E-state index >= 15 is 38.4 Å². The third kappa shape index (κ3) is 20.8. The minimum atomic E-state index is -4.78. The van der Waals surface area contributed by atoms with Gasteiger partial charge in [-0.05, 0) is 143 Å². The molecule has 1 spiro atoms. The molecule has 25 nitrogen and oxygen atoms in total. The number of alkyl halides is 3. The van der Waals surface area contributed by atoms with Crippen LogP contribution >= 0.6 is 11.6 Å². The number of halogens is 4. The molecule has 29 heteroatoms. The van der Waals surface area contributed by atoms with Gasteiger partial charge in [0.2, 0.25) is 70.9 Å². The number of benzene rings is 1. The third-order valence-corrected chi connectivity index (χ3v) is 24.4. The first-order valence-electron chi connectivity index (χ1n) is 39.2. The van der Waals surface area contributed by atoms with Crippen LogP contribution < -0.4 is 16.0 Å². The second kappa shape index (κ2) is 38.1. The summed E-state index contributed by atoms with van der Waals surface area (Å²) in [6, 6.07) is -4.95. The second-order valence-corrected chi connectivity index (χ2v) is 32.4. The van der Waals surface area contributed by atoms with E-state index in [9.17, 15) is 32.3 Å². The molecule has 598 valence electrons. The van der Waals surface area contributed by atoms with Crippen LogP contribution in [0.3, 0.4) is 0 Å². The highest BCUT2D eigenvalue weighted by Gasteiger charge is 2.52. The lowest BCUT2D eigenvalue weighted by atomic mass is 9.81. The van der Waals surface area contributed by atoms with E-state index in [1.54, 1.807) is 24.0 Å². The SMILES string of the molecule is CC[C@H](C)[C@@H]1NC(=O)[C@H](CC(C)C)N(C)C(=O)C[C@@H](C(=O)N2CCCCC2)N(C)C(=O)[C@H](C2CCCCC2)N(C)C(=O)C2(CCCC2)NC(=O)[C@H](Cc2ccncc2)N(C)C(=O)[C@H](CCc2ccc(C(F)(F)F)c(Cl)c2)NC(=O)CN(C)C(=O)[C@H](CC2CCCCC2)N(C)C(=O)C2CCN2C(=O)[C@H](C)N(C)C1=O. The molecule has 6 aliphatic rings. The number of aryl methyl sites for hydroxylation is 1. The number of fused-ring (bicyclic) bond motifs is 1. The van der Waals surface area contributed by atoms with Gasteiger partial charge in [-0.2, -0.15) is 13.2 Å². The lowest BCUT2D eigenvalue weighted by Gasteiger charge is -2.45. The molecule has 3 saturated heterocycles. The summed E-state index contributed by atoms with van der Waals surface area (Å²) in [7, 11) is 10.1. The van der Waals surface area contributed by atoms with Crippen LogP contribution in [-0.4, -0.2) is 255 Å². The summed E-state index contributed by atoms with van der Waals surface area (Å²) >= 11 is 6.22. The first-order chi connectivity index (χ1) is 51.1. The van der Waals surface area contributed by atoms with Crippen LogP contribution in [0.25, 0.3) is 0 Å². The molecule has 0 radical (unpaired) electrons. The number of pyridine rings is 1. The Labute approximate surface area is 640 Å². The number of nitrogens with zero attached hydrogens (tertiary/aromatic N) is 10. The summed E-state index contributed by atoms with van der Waals surface area (Å²) in [6.45, 7) is 9.12. The minimum absolute atomic E-state index is 0.00320. The lowest BCUT2D eigenvalue weighted by Crippen LogP contribution is -2.66. The van der Waals surface area contributed by atoms with Crippen molar-refractivity contribution in [3.8, 4) is 0 Å². The number of piperidine rings is 1. The van der Waals surface area contributed by atoms with Gasteiger partial charge in [-0.15, -0.1) is 0 Å². The standard InChI is InChI=1S/C79H117ClF3N13O12/c1-13-50(4)66-75(106)89(7)51(5)70(101)96-42-35-59(96)73(104)92(10)62(46-52-25-17-14-18-26-52)72(103)88(6)48-64(97)85-58(32-30-53-29-31-56(57(80)44-53)79(81,82)83)71(102)91(9)61(45-54-33-38-84-39-34-54)69(100)87-78(36-21-22-37-78)77(108)94(12)67(55-27-19-15-20-28-55)76(107)93(11)63(74(105)95-40-23-16-24-41-95)47-65(98)90(8)60(43-49(2)3)68(99)86-66/h29,31,33-34,38-39,44,49-52,55,58-63,66-67H,13-28,30,32,35-37,40-43,45-48H2,1-12H3,(H,85,97)(H,86,99)(H,87,100)/t50-,51-,58-,59?,60-,61-,62-,63-,66-,67-/m0/s1. The molecule has 4 heterocycles. The Morgan fingerprint density at radius 2 is 1.24 bits per heavy atom. The summed E-state index contributed by atoms with van der Waals surface area (Å²) in [4.78, 5) is 200. The monoisotopic (exact) mass is 1530 g/mol. The molecule has 2 aromatic rings. The van der Waals surface area contributed by atoms with Crippen LogP contribution in [0, 0.1) is 23.7 Å². The maximum absolute atomic E-state index is 16.0. The molecule has 3 aliphatic heterocycles. The number of carbonyl (C=O) groups excluding carboxylic acids is 12. The molecule has 3 N–H and O–H groups in total. The minimum Gasteiger partial charge on any atom is -0.343 e. The number of likely N-dealkylation sites (N-methyl/N-ethyl adjacent to an activating group) is 7. The summed E-state index contributed by atoms with van der Waals surface area (Å²) in [5, 5.41) is 8.26. The van der Waals surface area contributed by atoms with E-state index in [4.69, 9.17) is 11.6 Å². The topological polar surface area (TPSA) is 283 Å². The molecule has 1 unspecified atom stereocenters. The van der Waals surface area contributed by atoms with Gasteiger partial charge in [-0.25, -0.2) is 0 Å². The maximum atomic E-state index is 16.0. The summed E-state index contributed by atoms with van der Waals surface area (Å²) in [5.74, 6) is -8.94. The Morgan fingerprint density at radius 3 is 1.82 bits per heavy atom. The highest BCUT2D eigenvalue weighted by molar-refractivity contribution is 6.31. The largest absolute Gasteiger partial charge is 0.417 e. The fourth-order valence-electron chi connectivity index (χ4n) is 16.8. The van der Waals surface area contributed by atoms with Gasteiger partial charge in [0.15, 0.2) is 0 Å². The zero-order valence-electron chi connectivity index (χ0n) is 65.4. The summed E-state index contributed by atoms with van der Waals surface area (Å²) in [5.41, 5.74) is -1.93. The maximum Gasteiger partial charge on any atom is 0.417 e. The number of hydrogen-bond acceptors (Lipinski definition) is 13. The molecule has 6 fully saturated rings. The van der Waals surface area contributed by atoms with Crippen LogP contribution in [-0.2, 0) is 76.6 Å². The first-order valence-corrected chi connectivity index (χ1v) is 39.6. The van der Waals surface area contributed by atoms with Crippen molar-refractivity contribution in [3.63, 3.8) is 0 Å². The Morgan fingerprint density at radius 1 is 0.630 bits per heavy atom. The molecule has 3 aliphatic carbocycles. The number of rotatable bonds is 13. The van der Waals surface area contributed by atoms with E-state index in [1.165, 1.54) is 104 Å². The van der Waals surface area contributed by atoms with Gasteiger partial charge in [0.05, 0.1) is 23.6 Å². The van der Waals surface area contributed by atoms with E-state index in [1.807, 2.05) is 20.8 Å². The molecule has 3 saturated carbocycles. The fourth-order valence-corrected chi connectivity index (χ4v) is 17.1. The van der Waals surface area contributed by atoms with Gasteiger partial charge in [0, 0.05) is 87.8 Å². The van der Waals surface area contributed by atoms with Gasteiger partial charge >= 0.3 is 6.18 Å². The number of likely N-dealkylation sites (tertiary alicyclic amines) is 1. The summed E-state index contributed by atoms with van der Waals surface area (Å²) in [6.07, 6.45) is 9.16. The zero-order valence-corrected chi connectivity index (χ0v) is 66.2. The molecule has 108 heavy (non-hydrogen) atoms. The third-order valence-electron chi connectivity index (χ3n) is 24.1. The van der Waals surface area contributed by atoms with E-state index in [0.29, 0.717) is 63.6 Å². The zero-order chi connectivity index (χ0) is 79.2. The van der Waals surface area contributed by atoms with Crippen LogP contribution in [0.5, 0.6) is 0 Å². The van der Waals surface area contributed by atoms with E-state index in [0.717, 1.165) is 79.7 Å². The van der Waals surface area contributed by atoms with Crippen LogP contribution in [0.2, 0.25) is 5.02 Å². The fraction of sp³-hybridized carbons (Fsp3) is 0.709. The predicted molar refractivity (Wildman–Crippen MR) is 400 cm³/mol. The number of carbonyl (C=O) groups is 12. The Kier molecular flexibility index (Phi) is 30.3. The second-order valence-electron chi connectivity index (χ2n) is 32.0.